The molecular formula is C10H8N7S+. The van der Waals surface area contributed by atoms with Gasteiger partial charge < -0.3 is 5.73 Å². The molecule has 0 atom stereocenters. The van der Waals surface area contributed by atoms with Gasteiger partial charge in [-0.3, -0.25) is 11.1 Å². The molecule has 6 N–H and O–H groups in total. The molecule has 0 aliphatic carbocycles. The molecule has 18 heavy (non-hydrogen) atoms. The molecule has 1 heterocycles. The minimum Gasteiger partial charge on any atom is -0.383 e. The van der Waals surface area contributed by atoms with Gasteiger partial charge in [0.05, 0.1) is 23.6 Å². The van der Waals surface area contributed by atoms with Crippen LogP contribution in [0.2, 0.25) is 0 Å². The van der Waals surface area contributed by atoms with Crippen molar-refractivity contribution in [2.45, 2.75) is 11.4 Å². The zero-order valence-corrected chi connectivity index (χ0v) is 9.95. The number of hydrogen-bond acceptors (Lipinski definition) is 6. The third-order valence-electron chi connectivity index (χ3n) is 1.99. The van der Waals surface area contributed by atoms with Crippen LogP contribution in [0.1, 0.15) is 16.7 Å². The Labute approximate surface area is 107 Å². The minimum absolute atomic E-state index is 0.00832. The lowest BCUT2D eigenvalue weighted by Crippen LogP contribution is -2.43. The monoisotopic (exact) mass is 258 g/mol. The van der Waals surface area contributed by atoms with E-state index in [4.69, 9.17) is 32.7 Å². The van der Waals surface area contributed by atoms with Crippen LogP contribution >= 0.6 is 11.8 Å². The molecule has 0 aliphatic heterocycles. The number of nitrogens with two attached hydrogens (primary N) is 3. The summed E-state index contributed by atoms with van der Waals surface area (Å²) in [5.74, 6) is -0.0505. The van der Waals surface area contributed by atoms with Crippen molar-refractivity contribution in [3.8, 4) is 18.2 Å². The average molecular weight is 258 g/mol. The van der Waals surface area contributed by atoms with E-state index < -0.39 is 0 Å². The fourth-order valence-corrected chi connectivity index (χ4v) is 1.95. The number of thioether (sulfide) groups is 1. The van der Waals surface area contributed by atoms with Gasteiger partial charge in [0, 0.05) is 17.3 Å². The van der Waals surface area contributed by atoms with E-state index in [1.54, 1.807) is 0 Å². The average Bonchev–Trinajstić information content (AvgIpc) is 2.29. The summed E-state index contributed by atoms with van der Waals surface area (Å²) < 4.78 is 0. The summed E-state index contributed by atoms with van der Waals surface area (Å²) in [5, 5.41) is 32.3. The van der Waals surface area contributed by atoms with E-state index in [2.05, 4.69) is 4.98 Å². The van der Waals surface area contributed by atoms with Crippen LogP contribution < -0.4 is 16.9 Å². The second-order valence-corrected chi connectivity index (χ2v) is 4.16. The predicted octanol–water partition coefficient (Wildman–Crippen LogP) is -1.36. The Bertz CT molecular complexity index is 630. The van der Waals surface area contributed by atoms with Crippen molar-refractivity contribution in [2.24, 2.45) is 5.73 Å². The third-order valence-corrected chi connectivity index (χ3v) is 2.71. The molecule has 0 saturated heterocycles. The smallest absolute Gasteiger partial charge is 0.306 e. The highest BCUT2D eigenvalue weighted by atomic mass is 32.2. The molecule has 0 amide bonds. The van der Waals surface area contributed by atoms with Gasteiger partial charge in [-0.1, -0.05) is 0 Å². The Balaban J connectivity index is 3.60. The van der Waals surface area contributed by atoms with Crippen LogP contribution in [-0.2, 0) is 6.42 Å². The Morgan fingerprint density at radius 2 is 1.89 bits per heavy atom. The number of aromatic nitrogens is 1. The standard InChI is InChI=1S/C10H7N7S/c11-2-1-5-6(3-12)8(14)17-9(7(5)4-13)18-10(15)16/h1H2,(H2,14,17)(H3,15,16)/p+1. The second-order valence-electron chi connectivity index (χ2n) is 3.09. The van der Waals surface area contributed by atoms with E-state index >= 15 is 0 Å². The molecule has 0 fully saturated rings. The van der Waals surface area contributed by atoms with E-state index in [0.29, 0.717) is 0 Å². The molecule has 1 rings (SSSR count). The molecule has 0 saturated carbocycles. The second kappa shape index (κ2) is 5.53. The summed E-state index contributed by atoms with van der Waals surface area (Å²) in [4.78, 5) is 3.90. The molecule has 0 aromatic carbocycles. The first-order chi connectivity index (χ1) is 8.54. The van der Waals surface area contributed by atoms with Gasteiger partial charge >= 0.3 is 5.17 Å². The molecule has 0 bridgehead atoms. The number of pyridine rings is 1. The van der Waals surface area contributed by atoms with Gasteiger partial charge in [-0.15, -0.1) is 0 Å². The Hall–Kier alpha value is -2.76. The molecular weight excluding hydrogens is 250 g/mol. The molecule has 0 aliphatic rings. The van der Waals surface area contributed by atoms with Crippen LogP contribution in [0.4, 0.5) is 5.82 Å². The summed E-state index contributed by atoms with van der Waals surface area (Å²) >= 11 is 0.863. The van der Waals surface area contributed by atoms with Gasteiger partial charge in [0.25, 0.3) is 0 Å². The molecule has 7 nitrogen and oxygen atoms in total. The summed E-state index contributed by atoms with van der Waals surface area (Å²) in [6, 6.07) is 5.60. The number of hydrogen-bond donors (Lipinski definition) is 3. The van der Waals surface area contributed by atoms with Gasteiger partial charge in [-0.25, -0.2) is 4.98 Å². The van der Waals surface area contributed by atoms with Gasteiger partial charge in [0.15, 0.2) is 0 Å². The number of amidine groups is 1. The fraction of sp³-hybridized carbons (Fsp3) is 0.100. The maximum atomic E-state index is 9.10. The van der Waals surface area contributed by atoms with Crippen molar-refractivity contribution < 1.29 is 5.41 Å². The van der Waals surface area contributed by atoms with Gasteiger partial charge in [0.2, 0.25) is 0 Å². The summed E-state index contributed by atoms with van der Waals surface area (Å²) in [5.41, 5.74) is 11.3. The van der Waals surface area contributed by atoms with E-state index in [1.807, 2.05) is 18.2 Å². The predicted molar refractivity (Wildman–Crippen MR) is 64.4 cm³/mol. The highest BCUT2D eigenvalue weighted by molar-refractivity contribution is 8.13. The van der Waals surface area contributed by atoms with Gasteiger partial charge in [-0.2, -0.15) is 15.8 Å². The first kappa shape index (κ1) is 13.3. The van der Waals surface area contributed by atoms with Crippen molar-refractivity contribution in [3.05, 3.63) is 16.7 Å². The molecule has 0 radical (unpaired) electrons. The number of anilines is 1. The normalized spacial score (nSPS) is 8.94. The largest absolute Gasteiger partial charge is 0.383 e. The quantitative estimate of drug-likeness (QED) is 0.335. The van der Waals surface area contributed by atoms with E-state index in [9.17, 15) is 0 Å². The van der Waals surface area contributed by atoms with E-state index in [1.165, 1.54) is 0 Å². The Morgan fingerprint density at radius 3 is 2.33 bits per heavy atom. The highest BCUT2D eigenvalue weighted by Gasteiger charge is 2.20. The number of rotatable bonds is 2. The Morgan fingerprint density at radius 1 is 1.28 bits per heavy atom. The van der Waals surface area contributed by atoms with Crippen LogP contribution in [0.3, 0.4) is 0 Å². The van der Waals surface area contributed by atoms with Crippen LogP contribution in [-0.4, -0.2) is 10.2 Å². The van der Waals surface area contributed by atoms with Crippen LogP contribution in [0.5, 0.6) is 0 Å². The van der Waals surface area contributed by atoms with Gasteiger partial charge in [0.1, 0.15) is 23.0 Å². The highest BCUT2D eigenvalue weighted by Crippen LogP contribution is 2.28. The molecule has 8 heteroatoms. The summed E-state index contributed by atoms with van der Waals surface area (Å²) in [6.07, 6.45) is -0.115. The number of nitrogen functional groups attached to an aromatic ring is 1. The van der Waals surface area contributed by atoms with Crippen molar-refractivity contribution in [2.75, 3.05) is 5.73 Å². The number of nitrogens with zero attached hydrogens (tertiary/aromatic N) is 4. The van der Waals surface area contributed by atoms with Crippen LogP contribution in [0.15, 0.2) is 5.03 Å². The fourth-order valence-electron chi connectivity index (χ4n) is 1.31. The minimum atomic E-state index is -0.115. The van der Waals surface area contributed by atoms with Gasteiger partial charge in [-0.05, 0) is 0 Å². The molecule has 1 aromatic rings. The first-order valence-electron chi connectivity index (χ1n) is 4.60. The third kappa shape index (κ3) is 2.49. The SMILES string of the molecule is N#CCc1c(C#N)c(N)nc(SC(N)=[NH2+])c1C#N. The van der Waals surface area contributed by atoms with Crippen molar-refractivity contribution >= 4 is 22.7 Å². The number of nitriles is 3. The van der Waals surface area contributed by atoms with Crippen LogP contribution in [0.25, 0.3) is 0 Å². The van der Waals surface area contributed by atoms with Crippen molar-refractivity contribution in [1.82, 2.24) is 4.98 Å². The first-order valence-corrected chi connectivity index (χ1v) is 5.42. The summed E-state index contributed by atoms with van der Waals surface area (Å²) in [6.45, 7) is 0. The zero-order valence-electron chi connectivity index (χ0n) is 9.14. The zero-order chi connectivity index (χ0) is 13.7. The van der Waals surface area contributed by atoms with E-state index in [0.717, 1.165) is 11.8 Å². The molecule has 0 spiro atoms. The lowest BCUT2D eigenvalue weighted by atomic mass is 10.0. The summed E-state index contributed by atoms with van der Waals surface area (Å²) in [7, 11) is 0. The maximum absolute atomic E-state index is 9.10. The lowest BCUT2D eigenvalue weighted by Gasteiger charge is -2.08. The molecule has 1 aromatic heterocycles. The molecule has 0 unspecified atom stereocenters. The topological polar surface area (TPSA) is 162 Å². The van der Waals surface area contributed by atoms with E-state index in [-0.39, 0.29) is 39.1 Å². The van der Waals surface area contributed by atoms with Crippen molar-refractivity contribution in [1.29, 1.82) is 15.8 Å². The van der Waals surface area contributed by atoms with Crippen LogP contribution in [0, 0.1) is 34.0 Å². The van der Waals surface area contributed by atoms with Crippen molar-refractivity contribution in [3.63, 3.8) is 0 Å². The Kier molecular flexibility index (Phi) is 4.09. The maximum Gasteiger partial charge on any atom is 0.306 e. The lowest BCUT2D eigenvalue weighted by molar-refractivity contribution is -0.110. The molecule has 88 valence electrons.